The standard InChI is InChI=1S/C15H18N2O5.C2H6/c1-3-6-15(4-2)21-11-9-8-19-14-16-10(18)5-7-17(14)13(20-9)12(11)22-15;1-2/h5,7,12-13H,3-4,6,8H2,1-2H3;1-2H3/t12-,13-,15?;/m1./s1. The number of hydrogen-bond acceptors (Lipinski definition) is 6. The largest absolute Gasteiger partial charge is 0.464 e. The fourth-order valence-corrected chi connectivity index (χ4v) is 3.19. The first-order chi connectivity index (χ1) is 11.7. The highest BCUT2D eigenvalue weighted by atomic mass is 16.8. The van der Waals surface area contributed by atoms with Crippen LogP contribution in [0.5, 0.6) is 6.01 Å². The van der Waals surface area contributed by atoms with Crippen LogP contribution in [0.3, 0.4) is 0 Å². The first-order valence-corrected chi connectivity index (χ1v) is 8.64. The molecule has 7 heteroatoms. The van der Waals surface area contributed by atoms with E-state index in [1.165, 1.54) is 6.07 Å². The van der Waals surface area contributed by atoms with Crippen LogP contribution in [-0.2, 0) is 14.2 Å². The van der Waals surface area contributed by atoms with Crippen LogP contribution in [0.15, 0.2) is 28.6 Å². The van der Waals surface area contributed by atoms with E-state index in [2.05, 4.69) is 18.8 Å². The fourth-order valence-electron chi connectivity index (χ4n) is 3.19. The van der Waals surface area contributed by atoms with Gasteiger partial charge in [-0.2, -0.15) is 4.98 Å². The van der Waals surface area contributed by atoms with E-state index < -0.39 is 12.0 Å². The molecule has 132 valence electrons. The molecule has 3 atom stereocenters. The van der Waals surface area contributed by atoms with Crippen molar-refractivity contribution in [3.63, 3.8) is 0 Å². The van der Waals surface area contributed by atoms with E-state index in [-0.39, 0.29) is 24.3 Å². The number of rotatable bonds is 3. The first kappa shape index (κ1) is 16.8. The van der Waals surface area contributed by atoms with Crippen LogP contribution in [0.2, 0.25) is 0 Å². The van der Waals surface area contributed by atoms with Gasteiger partial charge in [-0.05, 0) is 6.42 Å². The predicted molar refractivity (Wildman–Crippen MR) is 86.4 cm³/mol. The second-order valence-electron chi connectivity index (χ2n) is 5.69. The van der Waals surface area contributed by atoms with Crippen LogP contribution in [-0.4, -0.2) is 28.0 Å². The van der Waals surface area contributed by atoms with Gasteiger partial charge < -0.3 is 18.9 Å². The van der Waals surface area contributed by atoms with Gasteiger partial charge >= 0.3 is 6.01 Å². The maximum absolute atomic E-state index is 11.4. The molecule has 0 spiro atoms. The van der Waals surface area contributed by atoms with E-state index in [0.717, 1.165) is 19.3 Å². The average molecular weight is 336 g/mol. The Kier molecular flexibility index (Phi) is 4.54. The Hall–Kier alpha value is -2.02. The third kappa shape index (κ3) is 2.56. The monoisotopic (exact) mass is 336 g/mol. The summed E-state index contributed by atoms with van der Waals surface area (Å²) >= 11 is 0. The Morgan fingerprint density at radius 2 is 2.17 bits per heavy atom. The van der Waals surface area contributed by atoms with E-state index in [9.17, 15) is 4.79 Å². The van der Waals surface area contributed by atoms with Crippen molar-refractivity contribution < 1.29 is 18.9 Å². The SMILES string of the molecule is CC.CCCC1(CC)OC2=C3COc4nc(=O)ccn4[C@H](O3)[C@@H]2O1. The van der Waals surface area contributed by atoms with Crippen molar-refractivity contribution in [3.05, 3.63) is 34.1 Å². The van der Waals surface area contributed by atoms with Crippen molar-refractivity contribution in [1.82, 2.24) is 9.55 Å². The molecule has 0 aliphatic carbocycles. The Labute approximate surface area is 141 Å². The molecule has 1 fully saturated rings. The molecule has 3 aliphatic heterocycles. The van der Waals surface area contributed by atoms with Gasteiger partial charge in [-0.3, -0.25) is 9.36 Å². The smallest absolute Gasteiger partial charge is 0.303 e. The summed E-state index contributed by atoms with van der Waals surface area (Å²) in [7, 11) is 0. The number of aromatic nitrogens is 2. The maximum atomic E-state index is 11.4. The summed E-state index contributed by atoms with van der Waals surface area (Å²) in [6, 6.07) is 1.63. The van der Waals surface area contributed by atoms with Crippen molar-refractivity contribution >= 4 is 0 Å². The molecule has 4 heterocycles. The van der Waals surface area contributed by atoms with Crippen LogP contribution >= 0.6 is 0 Å². The van der Waals surface area contributed by atoms with Crippen molar-refractivity contribution in [1.29, 1.82) is 0 Å². The molecule has 3 aliphatic rings. The van der Waals surface area contributed by atoms with Crippen LogP contribution in [0.1, 0.15) is 53.2 Å². The maximum Gasteiger partial charge on any atom is 0.303 e. The van der Waals surface area contributed by atoms with Crippen LogP contribution < -0.4 is 10.3 Å². The van der Waals surface area contributed by atoms with Crippen LogP contribution in [0, 0.1) is 0 Å². The molecule has 0 amide bonds. The normalized spacial score (nSPS) is 29.3. The molecule has 0 radical (unpaired) electrons. The number of hydrogen-bond donors (Lipinski definition) is 0. The second kappa shape index (κ2) is 6.47. The fraction of sp³-hybridized carbons (Fsp3) is 0.647. The van der Waals surface area contributed by atoms with Crippen molar-refractivity contribution in [3.8, 4) is 6.01 Å². The lowest BCUT2D eigenvalue weighted by Crippen LogP contribution is -2.33. The Bertz CT molecular complexity index is 698. The lowest BCUT2D eigenvalue weighted by Gasteiger charge is -2.28. The van der Waals surface area contributed by atoms with Gasteiger partial charge in [0.2, 0.25) is 12.0 Å². The summed E-state index contributed by atoms with van der Waals surface area (Å²) in [6.45, 7) is 8.34. The molecule has 1 aromatic rings. The number of ether oxygens (including phenoxy) is 4. The van der Waals surface area contributed by atoms with Crippen LogP contribution in [0.25, 0.3) is 0 Å². The lowest BCUT2D eigenvalue weighted by atomic mass is 10.1. The van der Waals surface area contributed by atoms with Gasteiger partial charge in [0.1, 0.15) is 0 Å². The van der Waals surface area contributed by atoms with Crippen molar-refractivity contribution in [2.75, 3.05) is 6.61 Å². The van der Waals surface area contributed by atoms with E-state index in [4.69, 9.17) is 18.9 Å². The molecule has 2 bridgehead atoms. The zero-order valence-electron chi connectivity index (χ0n) is 14.6. The van der Waals surface area contributed by atoms with Gasteiger partial charge in [0.05, 0.1) is 0 Å². The Morgan fingerprint density at radius 1 is 1.38 bits per heavy atom. The predicted octanol–water partition coefficient (Wildman–Crippen LogP) is 2.72. The number of fused-ring (bicyclic) bond motifs is 6. The van der Waals surface area contributed by atoms with Gasteiger partial charge in [-0.15, -0.1) is 0 Å². The molecular weight excluding hydrogens is 312 g/mol. The summed E-state index contributed by atoms with van der Waals surface area (Å²) in [5.41, 5.74) is -0.337. The van der Waals surface area contributed by atoms with Gasteiger partial charge in [-0.1, -0.05) is 27.7 Å². The summed E-state index contributed by atoms with van der Waals surface area (Å²) in [5.74, 6) is 0.739. The quantitative estimate of drug-likeness (QED) is 0.845. The molecule has 0 aromatic carbocycles. The van der Waals surface area contributed by atoms with E-state index in [1.54, 1.807) is 10.8 Å². The molecule has 1 unspecified atom stereocenters. The van der Waals surface area contributed by atoms with E-state index in [0.29, 0.717) is 11.5 Å². The molecule has 0 saturated carbocycles. The van der Waals surface area contributed by atoms with Crippen molar-refractivity contribution in [2.45, 2.75) is 65.1 Å². The van der Waals surface area contributed by atoms with Gasteiger partial charge in [0.25, 0.3) is 5.56 Å². The number of nitrogens with zero attached hydrogens (tertiary/aromatic N) is 2. The summed E-state index contributed by atoms with van der Waals surface area (Å²) in [5, 5.41) is 0. The Morgan fingerprint density at radius 3 is 2.88 bits per heavy atom. The molecular formula is C17H24N2O5. The minimum atomic E-state index is -0.598. The molecule has 7 nitrogen and oxygen atoms in total. The average Bonchev–Trinajstić information content (AvgIpc) is 3.04. The summed E-state index contributed by atoms with van der Waals surface area (Å²) in [4.78, 5) is 15.3. The minimum Gasteiger partial charge on any atom is -0.464 e. The topological polar surface area (TPSA) is 71.8 Å². The minimum absolute atomic E-state index is 0.189. The lowest BCUT2D eigenvalue weighted by molar-refractivity contribution is -0.194. The first-order valence-electron chi connectivity index (χ1n) is 8.64. The zero-order valence-corrected chi connectivity index (χ0v) is 14.6. The molecule has 1 saturated heterocycles. The van der Waals surface area contributed by atoms with Crippen LogP contribution in [0.4, 0.5) is 0 Å². The Balaban J connectivity index is 0.000000815. The van der Waals surface area contributed by atoms with Gasteiger partial charge in [0.15, 0.2) is 24.2 Å². The van der Waals surface area contributed by atoms with Gasteiger partial charge in [0, 0.05) is 25.1 Å². The van der Waals surface area contributed by atoms with Gasteiger partial charge in [-0.25, -0.2) is 0 Å². The van der Waals surface area contributed by atoms with E-state index in [1.807, 2.05) is 13.8 Å². The van der Waals surface area contributed by atoms with Crippen molar-refractivity contribution in [2.24, 2.45) is 0 Å². The molecule has 4 rings (SSSR count). The second-order valence-corrected chi connectivity index (χ2v) is 5.69. The zero-order chi connectivity index (χ0) is 17.3. The molecule has 1 aromatic heterocycles. The molecule has 0 N–H and O–H groups in total. The third-order valence-electron chi connectivity index (χ3n) is 4.27. The summed E-state index contributed by atoms with van der Waals surface area (Å²) in [6.07, 6.45) is 3.40. The molecule has 24 heavy (non-hydrogen) atoms. The highest BCUT2D eigenvalue weighted by Gasteiger charge is 2.54. The highest BCUT2D eigenvalue weighted by molar-refractivity contribution is 5.23. The summed E-state index contributed by atoms with van der Waals surface area (Å²) < 4.78 is 25.5. The van der Waals surface area contributed by atoms with E-state index >= 15 is 0 Å². The third-order valence-corrected chi connectivity index (χ3v) is 4.27. The highest BCUT2D eigenvalue weighted by Crippen LogP contribution is 2.49.